The standard InChI is InChI=1S/C20H23NO4S/c1-12-17(20(23)25-10-14-4-3-8-24-14)18(13-7-9-26-11-13)19-15(21-12)5-2-6-16(19)22/h7,9,11,14,18,21H,2-6,8,10H2,1H3/t14-,18-/m0/s1. The Kier molecular flexibility index (Phi) is 4.96. The van der Waals surface area contributed by atoms with Crippen LogP contribution in [0.2, 0.25) is 0 Å². The molecule has 3 heterocycles. The van der Waals surface area contributed by atoms with Crippen molar-refractivity contribution in [3.05, 3.63) is 44.9 Å². The maximum absolute atomic E-state index is 12.9. The molecule has 1 N–H and O–H groups in total. The van der Waals surface area contributed by atoms with Gasteiger partial charge in [-0.1, -0.05) is 0 Å². The molecule has 2 atom stereocenters. The highest BCUT2D eigenvalue weighted by molar-refractivity contribution is 7.08. The molecule has 1 fully saturated rings. The zero-order valence-electron chi connectivity index (χ0n) is 14.9. The summed E-state index contributed by atoms with van der Waals surface area (Å²) < 4.78 is 11.1. The average Bonchev–Trinajstić information content (AvgIpc) is 3.32. The van der Waals surface area contributed by atoms with E-state index in [2.05, 4.69) is 5.32 Å². The fourth-order valence-electron chi connectivity index (χ4n) is 4.05. The third-order valence-corrected chi connectivity index (χ3v) is 6.00. The Morgan fingerprint density at radius 1 is 1.38 bits per heavy atom. The number of carbonyl (C=O) groups excluding carboxylic acids is 2. The van der Waals surface area contributed by atoms with Crippen LogP contribution in [0.1, 0.15) is 50.5 Å². The lowest BCUT2D eigenvalue weighted by Crippen LogP contribution is -2.34. The van der Waals surface area contributed by atoms with E-state index in [1.165, 1.54) is 0 Å². The van der Waals surface area contributed by atoms with Gasteiger partial charge in [0.25, 0.3) is 0 Å². The number of dihydropyridines is 1. The number of hydrogen-bond acceptors (Lipinski definition) is 6. The number of ketones is 1. The van der Waals surface area contributed by atoms with Crippen LogP contribution in [-0.4, -0.2) is 31.1 Å². The molecule has 1 aliphatic carbocycles. The van der Waals surface area contributed by atoms with E-state index in [4.69, 9.17) is 9.47 Å². The van der Waals surface area contributed by atoms with Gasteiger partial charge in [-0.25, -0.2) is 4.79 Å². The quantitative estimate of drug-likeness (QED) is 0.819. The lowest BCUT2D eigenvalue weighted by atomic mass is 9.76. The van der Waals surface area contributed by atoms with Gasteiger partial charge in [0, 0.05) is 35.9 Å². The Morgan fingerprint density at radius 2 is 2.27 bits per heavy atom. The third-order valence-electron chi connectivity index (χ3n) is 5.30. The zero-order chi connectivity index (χ0) is 18.1. The maximum atomic E-state index is 12.9. The summed E-state index contributed by atoms with van der Waals surface area (Å²) in [6.45, 7) is 2.89. The van der Waals surface area contributed by atoms with Crippen LogP contribution in [0.25, 0.3) is 0 Å². The van der Waals surface area contributed by atoms with Crippen LogP contribution in [0.3, 0.4) is 0 Å². The number of esters is 1. The van der Waals surface area contributed by atoms with Crippen LogP contribution in [0.4, 0.5) is 0 Å². The van der Waals surface area contributed by atoms with Crippen molar-refractivity contribution in [3.8, 4) is 0 Å². The minimum absolute atomic E-state index is 0.0120. The topological polar surface area (TPSA) is 64.6 Å². The average molecular weight is 373 g/mol. The summed E-state index contributed by atoms with van der Waals surface area (Å²) in [4.78, 5) is 25.6. The van der Waals surface area contributed by atoms with Crippen molar-refractivity contribution in [2.24, 2.45) is 0 Å². The molecule has 3 aliphatic rings. The molecule has 1 saturated heterocycles. The third kappa shape index (κ3) is 3.23. The second-order valence-corrected chi connectivity index (χ2v) is 7.84. The van der Waals surface area contributed by atoms with Gasteiger partial charge < -0.3 is 14.8 Å². The number of thiophene rings is 1. The Balaban J connectivity index is 1.64. The zero-order valence-corrected chi connectivity index (χ0v) is 15.7. The summed E-state index contributed by atoms with van der Waals surface area (Å²) in [5.41, 5.74) is 4.03. The largest absolute Gasteiger partial charge is 0.459 e. The van der Waals surface area contributed by atoms with Crippen LogP contribution >= 0.6 is 11.3 Å². The van der Waals surface area contributed by atoms with Gasteiger partial charge in [0.1, 0.15) is 6.61 Å². The Hall–Kier alpha value is -1.92. The fraction of sp³-hybridized carbons (Fsp3) is 0.500. The Labute approximate surface area is 157 Å². The second kappa shape index (κ2) is 7.37. The highest BCUT2D eigenvalue weighted by Gasteiger charge is 2.39. The van der Waals surface area contributed by atoms with Gasteiger partial charge in [-0.3, -0.25) is 4.79 Å². The molecule has 0 aromatic carbocycles. The van der Waals surface area contributed by atoms with Gasteiger partial charge >= 0.3 is 5.97 Å². The number of hydrogen-bond donors (Lipinski definition) is 1. The normalized spacial score (nSPS) is 26.0. The molecule has 0 bridgehead atoms. The molecular weight excluding hydrogens is 350 g/mol. The number of allylic oxidation sites excluding steroid dienone is 3. The summed E-state index contributed by atoms with van der Waals surface area (Å²) in [5.74, 6) is -0.555. The molecule has 4 rings (SSSR count). The lowest BCUT2D eigenvalue weighted by Gasteiger charge is -2.33. The van der Waals surface area contributed by atoms with Crippen molar-refractivity contribution in [2.45, 2.75) is 51.0 Å². The summed E-state index contributed by atoms with van der Waals surface area (Å²) in [6, 6.07) is 1.99. The first kappa shape index (κ1) is 17.5. The highest BCUT2D eigenvalue weighted by Crippen LogP contribution is 2.43. The number of nitrogens with one attached hydrogen (secondary N) is 1. The van der Waals surface area contributed by atoms with Gasteiger partial charge in [0.05, 0.1) is 11.7 Å². The Bertz CT molecular complexity index is 772. The van der Waals surface area contributed by atoms with E-state index in [0.29, 0.717) is 12.0 Å². The molecule has 6 heteroatoms. The first-order valence-corrected chi connectivity index (χ1v) is 10.1. The van der Waals surface area contributed by atoms with E-state index in [1.54, 1.807) is 11.3 Å². The van der Waals surface area contributed by atoms with E-state index in [1.807, 2.05) is 23.8 Å². The summed E-state index contributed by atoms with van der Waals surface area (Å²) in [7, 11) is 0. The summed E-state index contributed by atoms with van der Waals surface area (Å²) in [6.07, 6.45) is 4.16. The minimum atomic E-state index is -0.355. The van der Waals surface area contributed by atoms with E-state index in [9.17, 15) is 9.59 Å². The number of carbonyl (C=O) groups is 2. The van der Waals surface area contributed by atoms with Crippen molar-refractivity contribution in [3.63, 3.8) is 0 Å². The fourth-order valence-corrected chi connectivity index (χ4v) is 4.73. The molecule has 5 nitrogen and oxygen atoms in total. The molecule has 138 valence electrons. The lowest BCUT2D eigenvalue weighted by molar-refractivity contribution is -0.142. The van der Waals surface area contributed by atoms with Crippen LogP contribution in [-0.2, 0) is 19.1 Å². The molecule has 26 heavy (non-hydrogen) atoms. The van der Waals surface area contributed by atoms with Crippen molar-refractivity contribution < 1.29 is 19.1 Å². The Morgan fingerprint density at radius 3 is 3.00 bits per heavy atom. The summed E-state index contributed by atoms with van der Waals surface area (Å²) >= 11 is 1.57. The molecule has 0 unspecified atom stereocenters. The number of ether oxygens (including phenoxy) is 2. The van der Waals surface area contributed by atoms with Crippen molar-refractivity contribution in [2.75, 3.05) is 13.2 Å². The molecule has 0 amide bonds. The van der Waals surface area contributed by atoms with Crippen LogP contribution in [0, 0.1) is 0 Å². The van der Waals surface area contributed by atoms with Gasteiger partial charge in [-0.2, -0.15) is 11.3 Å². The first-order chi connectivity index (χ1) is 12.6. The smallest absolute Gasteiger partial charge is 0.336 e. The second-order valence-electron chi connectivity index (χ2n) is 7.06. The monoisotopic (exact) mass is 373 g/mol. The summed E-state index contributed by atoms with van der Waals surface area (Å²) in [5, 5.41) is 7.31. The van der Waals surface area contributed by atoms with Crippen molar-refractivity contribution in [1.29, 1.82) is 0 Å². The molecule has 0 radical (unpaired) electrons. The molecule has 2 aliphatic heterocycles. The van der Waals surface area contributed by atoms with E-state index in [-0.39, 0.29) is 30.4 Å². The predicted molar refractivity (Wildman–Crippen MR) is 98.7 cm³/mol. The van der Waals surface area contributed by atoms with E-state index in [0.717, 1.165) is 54.8 Å². The van der Waals surface area contributed by atoms with Crippen molar-refractivity contribution in [1.82, 2.24) is 5.32 Å². The molecule has 1 aromatic rings. The molecule has 1 aromatic heterocycles. The SMILES string of the molecule is CC1=C(C(=O)OC[C@@H]2CCCO2)[C@H](c2ccsc2)C2=C(CCCC2=O)N1. The predicted octanol–water partition coefficient (Wildman–Crippen LogP) is 3.44. The van der Waals surface area contributed by atoms with Gasteiger partial charge in [-0.15, -0.1) is 0 Å². The van der Waals surface area contributed by atoms with Crippen LogP contribution in [0.5, 0.6) is 0 Å². The molecule has 0 saturated carbocycles. The first-order valence-electron chi connectivity index (χ1n) is 9.20. The van der Waals surface area contributed by atoms with E-state index >= 15 is 0 Å². The van der Waals surface area contributed by atoms with Gasteiger partial charge in [-0.05, 0) is 55.0 Å². The van der Waals surface area contributed by atoms with Gasteiger partial charge in [0.2, 0.25) is 0 Å². The maximum Gasteiger partial charge on any atom is 0.336 e. The molecule has 0 spiro atoms. The number of Topliss-reactive ketones (excluding diaryl/α,β-unsaturated/α-hetero) is 1. The molecular formula is C20H23NO4S. The van der Waals surface area contributed by atoms with Crippen LogP contribution < -0.4 is 5.32 Å². The number of rotatable bonds is 4. The van der Waals surface area contributed by atoms with Crippen molar-refractivity contribution >= 4 is 23.1 Å². The highest BCUT2D eigenvalue weighted by atomic mass is 32.1. The van der Waals surface area contributed by atoms with E-state index < -0.39 is 0 Å². The van der Waals surface area contributed by atoms with Gasteiger partial charge in [0.15, 0.2) is 5.78 Å². The van der Waals surface area contributed by atoms with Crippen LogP contribution in [0.15, 0.2) is 39.4 Å². The minimum Gasteiger partial charge on any atom is -0.459 e.